The molecule has 0 saturated heterocycles. The van der Waals surface area contributed by atoms with E-state index >= 15 is 0 Å². The number of aromatic nitrogens is 1. The van der Waals surface area contributed by atoms with Gasteiger partial charge in [0.25, 0.3) is 0 Å². The molecular weight excluding hydrogens is 454 g/mol. The number of benzene rings is 1. The Morgan fingerprint density at radius 2 is 1.86 bits per heavy atom. The number of thiophene rings is 1. The van der Waals surface area contributed by atoms with Gasteiger partial charge in [-0.25, -0.2) is 4.98 Å². The summed E-state index contributed by atoms with van der Waals surface area (Å²) in [5, 5.41) is 1.35. The van der Waals surface area contributed by atoms with Gasteiger partial charge < -0.3 is 0 Å². The normalized spacial score (nSPS) is 15.8. The molecule has 1 aliphatic rings. The Morgan fingerprint density at radius 3 is 2.50 bits per heavy atom. The molecule has 1 aromatic carbocycles. The van der Waals surface area contributed by atoms with Crippen molar-refractivity contribution >= 4 is 27.1 Å². The van der Waals surface area contributed by atoms with Crippen LogP contribution in [0.25, 0.3) is 15.8 Å². The Bertz CT molecular complexity index is 1200. The average Bonchev–Trinajstić information content (AvgIpc) is 3.47. The highest BCUT2D eigenvalue weighted by atomic mass is 32.1. The molecule has 1 saturated carbocycles. The molecule has 1 nitrogen and oxygen atoms in total. The molecule has 0 N–H and O–H groups in total. The number of aryl methyl sites for hydroxylation is 1. The van der Waals surface area contributed by atoms with Gasteiger partial charge >= 0.3 is 0 Å². The van der Waals surface area contributed by atoms with Crippen molar-refractivity contribution in [2.45, 2.75) is 104 Å². The van der Waals surface area contributed by atoms with E-state index in [1.54, 1.807) is 5.56 Å². The van der Waals surface area contributed by atoms with E-state index in [1.165, 1.54) is 76.0 Å². The third kappa shape index (κ3) is 6.02. The average molecular weight is 500 g/mol. The van der Waals surface area contributed by atoms with Gasteiger partial charge in [-0.2, -0.15) is 0 Å². The number of pyridine rings is 1. The first-order valence-electron chi connectivity index (χ1n) is 14.1. The monoisotopic (exact) mass is 499 g/mol. The largest absolute Gasteiger partial charge is 0.242 e. The number of nitrogens with zero attached hydrogens (tertiary/aromatic N) is 1. The van der Waals surface area contributed by atoms with E-state index in [1.807, 2.05) is 11.3 Å². The van der Waals surface area contributed by atoms with Crippen LogP contribution in [-0.4, -0.2) is 4.98 Å². The highest BCUT2D eigenvalue weighted by Gasteiger charge is 2.34. The molecule has 0 bridgehead atoms. The van der Waals surface area contributed by atoms with Crippen LogP contribution in [0.3, 0.4) is 0 Å². The zero-order chi connectivity index (χ0) is 25.8. The van der Waals surface area contributed by atoms with Crippen LogP contribution in [-0.2, 0) is 24.7 Å². The van der Waals surface area contributed by atoms with Crippen LogP contribution in [0.4, 0.5) is 0 Å². The molecular formula is C34H45NS. The Hall–Kier alpha value is -2.19. The van der Waals surface area contributed by atoms with Crippen LogP contribution < -0.4 is 0 Å². The van der Waals surface area contributed by atoms with Crippen molar-refractivity contribution < 1.29 is 0 Å². The van der Waals surface area contributed by atoms with Gasteiger partial charge in [-0.05, 0) is 97.5 Å². The van der Waals surface area contributed by atoms with Crippen LogP contribution >= 0.6 is 11.3 Å². The minimum absolute atomic E-state index is 0.233. The van der Waals surface area contributed by atoms with Gasteiger partial charge in [-0.1, -0.05) is 89.6 Å². The zero-order valence-electron chi connectivity index (χ0n) is 23.3. The van der Waals surface area contributed by atoms with Crippen molar-refractivity contribution in [1.82, 2.24) is 4.98 Å². The molecule has 0 spiro atoms. The standard InChI is InChI=1S/C34H45NS/c1-7-9-19-28-29-23-26(8-2)30(24-33(4,5)6)35-32(29)36-31(28)25(3)16-15-22-34(20-13-14-21-34)27-17-11-10-12-18-27/h7,9-12,17-18,23H,3,8,13-16,19-22,24H2,1-2,4-6H3/b9-7-. The van der Waals surface area contributed by atoms with E-state index in [9.17, 15) is 0 Å². The summed E-state index contributed by atoms with van der Waals surface area (Å²) in [6.45, 7) is 15.9. The second-order valence-electron chi connectivity index (χ2n) is 12.0. The van der Waals surface area contributed by atoms with E-state index < -0.39 is 0 Å². The Balaban J connectivity index is 1.59. The lowest BCUT2D eigenvalue weighted by Crippen LogP contribution is -2.21. The van der Waals surface area contributed by atoms with Crippen molar-refractivity contribution in [1.29, 1.82) is 0 Å². The second-order valence-corrected chi connectivity index (χ2v) is 13.0. The Labute approximate surface area is 223 Å². The fraction of sp³-hybridized carbons (Fsp3) is 0.500. The van der Waals surface area contributed by atoms with E-state index in [-0.39, 0.29) is 5.41 Å². The van der Waals surface area contributed by atoms with Crippen LogP contribution in [0.5, 0.6) is 0 Å². The van der Waals surface area contributed by atoms with Crippen LogP contribution in [0.2, 0.25) is 0 Å². The van der Waals surface area contributed by atoms with Gasteiger partial charge in [-0.3, -0.25) is 0 Å². The predicted molar refractivity (Wildman–Crippen MR) is 160 cm³/mol. The molecule has 2 heteroatoms. The quantitative estimate of drug-likeness (QED) is 0.253. The summed E-state index contributed by atoms with van der Waals surface area (Å²) in [5.41, 5.74) is 7.56. The molecule has 2 aromatic heterocycles. The smallest absolute Gasteiger partial charge is 0.124 e. The second kappa shape index (κ2) is 11.5. The summed E-state index contributed by atoms with van der Waals surface area (Å²) in [7, 11) is 0. The molecule has 0 amide bonds. The van der Waals surface area contributed by atoms with Crippen LogP contribution in [0.1, 0.15) is 107 Å². The third-order valence-electron chi connectivity index (χ3n) is 7.99. The Morgan fingerprint density at radius 1 is 1.14 bits per heavy atom. The first-order valence-corrected chi connectivity index (χ1v) is 14.9. The lowest BCUT2D eigenvalue weighted by atomic mass is 9.75. The maximum atomic E-state index is 5.25. The number of rotatable bonds is 10. The van der Waals surface area contributed by atoms with Crippen molar-refractivity contribution in [2.24, 2.45) is 5.41 Å². The summed E-state index contributed by atoms with van der Waals surface area (Å²) >= 11 is 1.88. The predicted octanol–water partition coefficient (Wildman–Crippen LogP) is 10.3. The molecule has 2 heterocycles. The number of allylic oxidation sites excluding steroid dienone is 3. The number of hydrogen-bond acceptors (Lipinski definition) is 2. The molecule has 1 aliphatic carbocycles. The summed E-state index contributed by atoms with van der Waals surface area (Å²) < 4.78 is 0. The topological polar surface area (TPSA) is 12.9 Å². The highest BCUT2D eigenvalue weighted by molar-refractivity contribution is 7.19. The summed E-state index contributed by atoms with van der Waals surface area (Å²) in [4.78, 5) is 7.82. The summed E-state index contributed by atoms with van der Waals surface area (Å²) in [5.74, 6) is 0. The van der Waals surface area contributed by atoms with Crippen LogP contribution in [0.15, 0.2) is 55.1 Å². The van der Waals surface area contributed by atoms with E-state index in [0.717, 1.165) is 25.7 Å². The van der Waals surface area contributed by atoms with Gasteiger partial charge in [0, 0.05) is 16.0 Å². The van der Waals surface area contributed by atoms with E-state index in [2.05, 4.69) is 89.7 Å². The lowest BCUT2D eigenvalue weighted by molar-refractivity contribution is 0.395. The molecule has 1 fully saturated rings. The number of fused-ring (bicyclic) bond motifs is 1. The number of hydrogen-bond donors (Lipinski definition) is 0. The molecule has 4 rings (SSSR count). The van der Waals surface area contributed by atoms with E-state index in [0.29, 0.717) is 5.41 Å². The van der Waals surface area contributed by atoms with Crippen molar-refractivity contribution in [2.75, 3.05) is 0 Å². The molecule has 0 unspecified atom stereocenters. The first kappa shape index (κ1) is 26.9. The Kier molecular flexibility index (Phi) is 8.56. The summed E-state index contributed by atoms with van der Waals surface area (Å²) in [6, 6.07) is 13.7. The molecule has 0 atom stereocenters. The van der Waals surface area contributed by atoms with Crippen molar-refractivity contribution in [3.8, 4) is 0 Å². The molecule has 36 heavy (non-hydrogen) atoms. The first-order chi connectivity index (χ1) is 17.3. The van der Waals surface area contributed by atoms with Gasteiger partial charge in [-0.15, -0.1) is 11.3 Å². The van der Waals surface area contributed by atoms with Gasteiger partial charge in [0.15, 0.2) is 0 Å². The van der Waals surface area contributed by atoms with Crippen molar-refractivity contribution in [3.63, 3.8) is 0 Å². The van der Waals surface area contributed by atoms with Gasteiger partial charge in [0.05, 0.1) is 0 Å². The van der Waals surface area contributed by atoms with Gasteiger partial charge in [0.2, 0.25) is 0 Å². The molecule has 0 radical (unpaired) electrons. The minimum atomic E-state index is 0.233. The molecule has 0 aliphatic heterocycles. The van der Waals surface area contributed by atoms with Gasteiger partial charge in [0.1, 0.15) is 4.83 Å². The van der Waals surface area contributed by atoms with Crippen LogP contribution in [0, 0.1) is 5.41 Å². The highest BCUT2D eigenvalue weighted by Crippen LogP contribution is 2.46. The minimum Gasteiger partial charge on any atom is -0.242 e. The summed E-state index contributed by atoms with van der Waals surface area (Å²) in [6.07, 6.45) is 16.4. The molecule has 3 aromatic rings. The fourth-order valence-electron chi connectivity index (χ4n) is 6.11. The third-order valence-corrected chi connectivity index (χ3v) is 9.24. The zero-order valence-corrected chi connectivity index (χ0v) is 24.1. The lowest BCUT2D eigenvalue weighted by Gasteiger charge is -2.30. The maximum Gasteiger partial charge on any atom is 0.124 e. The SMILES string of the molecule is C=C(CCCC1(c2ccccc2)CCCC1)c1sc2nc(CC(C)(C)C)c(CC)cc2c1C/C=C\C. The van der Waals surface area contributed by atoms with E-state index in [4.69, 9.17) is 4.98 Å². The van der Waals surface area contributed by atoms with Crippen molar-refractivity contribution in [3.05, 3.63) is 82.4 Å². The molecule has 192 valence electrons. The fourth-order valence-corrected chi connectivity index (χ4v) is 7.32. The maximum absolute atomic E-state index is 5.25.